The SMILES string of the molecule is CC(C)(C)OC(=O)N1CCC[C@H]1CNS(=O)(=O)CCCCl. The van der Waals surface area contributed by atoms with E-state index in [9.17, 15) is 13.2 Å². The van der Waals surface area contributed by atoms with E-state index in [-0.39, 0.29) is 24.4 Å². The van der Waals surface area contributed by atoms with Crippen LogP contribution in [-0.2, 0) is 14.8 Å². The monoisotopic (exact) mass is 340 g/mol. The number of hydrogen-bond donors (Lipinski definition) is 1. The lowest BCUT2D eigenvalue weighted by Crippen LogP contribution is -2.45. The molecule has 0 unspecified atom stereocenters. The molecule has 0 aliphatic carbocycles. The number of likely N-dealkylation sites (tertiary alicyclic amines) is 1. The molecule has 0 aromatic rings. The van der Waals surface area contributed by atoms with Crippen molar-refractivity contribution < 1.29 is 17.9 Å². The summed E-state index contributed by atoms with van der Waals surface area (Å²) in [6, 6.07) is -0.148. The predicted octanol–water partition coefficient (Wildman–Crippen LogP) is 1.93. The second-order valence-electron chi connectivity index (χ2n) is 6.18. The quantitative estimate of drug-likeness (QED) is 0.750. The first kappa shape index (κ1) is 18.5. The Morgan fingerprint density at radius 3 is 2.67 bits per heavy atom. The summed E-state index contributed by atoms with van der Waals surface area (Å²) in [5.41, 5.74) is -0.552. The third kappa shape index (κ3) is 6.84. The molecule has 6 nitrogen and oxygen atoms in total. The van der Waals surface area contributed by atoms with Gasteiger partial charge in [-0.2, -0.15) is 0 Å². The largest absolute Gasteiger partial charge is 0.444 e. The van der Waals surface area contributed by atoms with Gasteiger partial charge < -0.3 is 9.64 Å². The number of carbonyl (C=O) groups excluding carboxylic acids is 1. The zero-order valence-electron chi connectivity index (χ0n) is 12.9. The molecule has 0 aromatic carbocycles. The normalized spacial score (nSPS) is 19.8. The zero-order chi connectivity index (χ0) is 16.1. The Bertz CT molecular complexity index is 448. The molecule has 0 spiro atoms. The number of carbonyl (C=O) groups is 1. The summed E-state index contributed by atoms with van der Waals surface area (Å²) in [5, 5.41) is 0. The van der Waals surface area contributed by atoms with Crippen LogP contribution in [0, 0.1) is 0 Å². The number of alkyl halides is 1. The number of ether oxygens (including phenoxy) is 1. The van der Waals surface area contributed by atoms with Crippen molar-refractivity contribution in [2.75, 3.05) is 24.7 Å². The van der Waals surface area contributed by atoms with E-state index in [2.05, 4.69) is 4.72 Å². The number of hydrogen-bond acceptors (Lipinski definition) is 4. The first-order valence-electron chi connectivity index (χ1n) is 7.17. The van der Waals surface area contributed by atoms with Gasteiger partial charge in [0.25, 0.3) is 0 Å². The summed E-state index contributed by atoms with van der Waals surface area (Å²) < 4.78 is 31.4. The van der Waals surface area contributed by atoms with E-state index in [4.69, 9.17) is 16.3 Å². The molecule has 1 N–H and O–H groups in total. The molecule has 8 heteroatoms. The van der Waals surface area contributed by atoms with Gasteiger partial charge >= 0.3 is 6.09 Å². The van der Waals surface area contributed by atoms with E-state index in [1.165, 1.54) is 0 Å². The van der Waals surface area contributed by atoms with Crippen LogP contribution in [0.5, 0.6) is 0 Å². The van der Waals surface area contributed by atoms with Crippen LogP contribution in [0.4, 0.5) is 4.79 Å². The maximum atomic E-state index is 12.1. The summed E-state index contributed by atoms with van der Waals surface area (Å²) in [4.78, 5) is 13.7. The molecule has 1 heterocycles. The number of sulfonamides is 1. The highest BCUT2D eigenvalue weighted by Gasteiger charge is 2.32. The summed E-state index contributed by atoms with van der Waals surface area (Å²) in [6.45, 7) is 6.26. The first-order valence-corrected chi connectivity index (χ1v) is 9.36. The molecule has 1 atom stereocenters. The second-order valence-corrected chi connectivity index (χ2v) is 8.48. The Morgan fingerprint density at radius 1 is 1.43 bits per heavy atom. The van der Waals surface area contributed by atoms with Crippen LogP contribution in [-0.4, -0.2) is 55.8 Å². The molecule has 124 valence electrons. The fourth-order valence-electron chi connectivity index (χ4n) is 2.15. The Labute approximate surface area is 132 Å². The van der Waals surface area contributed by atoms with Crippen molar-refractivity contribution >= 4 is 27.7 Å². The number of nitrogens with zero attached hydrogens (tertiary/aromatic N) is 1. The summed E-state index contributed by atoms with van der Waals surface area (Å²) in [5.74, 6) is 0.323. The van der Waals surface area contributed by atoms with E-state index < -0.39 is 15.6 Å². The lowest BCUT2D eigenvalue weighted by atomic mass is 10.2. The van der Waals surface area contributed by atoms with Gasteiger partial charge in [-0.3, -0.25) is 0 Å². The van der Waals surface area contributed by atoms with Crippen molar-refractivity contribution in [3.63, 3.8) is 0 Å². The first-order chi connectivity index (χ1) is 9.64. The number of amides is 1. The lowest BCUT2D eigenvalue weighted by molar-refractivity contribution is 0.0229. The number of halogens is 1. The average molecular weight is 341 g/mol. The van der Waals surface area contributed by atoms with Gasteiger partial charge in [-0.1, -0.05) is 0 Å². The summed E-state index contributed by atoms with van der Waals surface area (Å²) in [7, 11) is -3.33. The van der Waals surface area contributed by atoms with Crippen molar-refractivity contribution in [2.45, 2.75) is 51.7 Å². The maximum Gasteiger partial charge on any atom is 0.410 e. The van der Waals surface area contributed by atoms with Crippen LogP contribution in [0.3, 0.4) is 0 Å². The van der Waals surface area contributed by atoms with Gasteiger partial charge in [-0.05, 0) is 40.0 Å². The molecule has 0 saturated carbocycles. The smallest absolute Gasteiger partial charge is 0.410 e. The van der Waals surface area contributed by atoms with E-state index in [1.54, 1.807) is 4.90 Å². The average Bonchev–Trinajstić information content (AvgIpc) is 2.80. The van der Waals surface area contributed by atoms with Crippen LogP contribution in [0.1, 0.15) is 40.0 Å². The molecular formula is C13H25ClN2O4S. The third-order valence-electron chi connectivity index (χ3n) is 3.09. The summed E-state index contributed by atoms with van der Waals surface area (Å²) in [6.07, 6.45) is 1.66. The summed E-state index contributed by atoms with van der Waals surface area (Å²) >= 11 is 5.50. The van der Waals surface area contributed by atoms with Crippen LogP contribution < -0.4 is 4.72 Å². The topological polar surface area (TPSA) is 75.7 Å². The minimum atomic E-state index is -3.33. The second kappa shape index (κ2) is 7.65. The Balaban J connectivity index is 2.52. The molecule has 1 aliphatic heterocycles. The standard InChI is InChI=1S/C13H25ClN2O4S/c1-13(2,3)20-12(17)16-8-4-6-11(16)10-15-21(18,19)9-5-7-14/h11,15H,4-10H2,1-3H3/t11-/m0/s1. The minimum Gasteiger partial charge on any atom is -0.444 e. The fourth-order valence-corrected chi connectivity index (χ4v) is 3.56. The van der Waals surface area contributed by atoms with Crippen molar-refractivity contribution in [1.29, 1.82) is 0 Å². The molecule has 0 bridgehead atoms. The highest BCUT2D eigenvalue weighted by atomic mass is 35.5. The van der Waals surface area contributed by atoms with Gasteiger partial charge in [0.05, 0.1) is 5.75 Å². The van der Waals surface area contributed by atoms with Gasteiger partial charge in [-0.25, -0.2) is 17.9 Å². The van der Waals surface area contributed by atoms with Crippen LogP contribution in [0.25, 0.3) is 0 Å². The van der Waals surface area contributed by atoms with Crippen molar-refractivity contribution in [1.82, 2.24) is 9.62 Å². The van der Waals surface area contributed by atoms with E-state index in [0.29, 0.717) is 18.8 Å². The van der Waals surface area contributed by atoms with Crippen molar-refractivity contribution in [3.8, 4) is 0 Å². The van der Waals surface area contributed by atoms with Gasteiger partial charge in [0.15, 0.2) is 0 Å². The molecule has 1 aliphatic rings. The van der Waals surface area contributed by atoms with Gasteiger partial charge in [0, 0.05) is 25.0 Å². The lowest BCUT2D eigenvalue weighted by Gasteiger charge is -2.28. The number of rotatable bonds is 6. The highest BCUT2D eigenvalue weighted by Crippen LogP contribution is 2.20. The van der Waals surface area contributed by atoms with E-state index in [0.717, 1.165) is 12.8 Å². The maximum absolute atomic E-state index is 12.1. The highest BCUT2D eigenvalue weighted by molar-refractivity contribution is 7.89. The van der Waals surface area contributed by atoms with Gasteiger partial charge in [0.1, 0.15) is 5.60 Å². The van der Waals surface area contributed by atoms with E-state index >= 15 is 0 Å². The Kier molecular flexibility index (Phi) is 6.74. The fraction of sp³-hybridized carbons (Fsp3) is 0.923. The van der Waals surface area contributed by atoms with E-state index in [1.807, 2.05) is 20.8 Å². The predicted molar refractivity (Wildman–Crippen MR) is 83.1 cm³/mol. The molecule has 1 amide bonds. The van der Waals surface area contributed by atoms with Gasteiger partial charge in [-0.15, -0.1) is 11.6 Å². The minimum absolute atomic E-state index is 0.00958. The zero-order valence-corrected chi connectivity index (χ0v) is 14.5. The Morgan fingerprint density at radius 2 is 2.10 bits per heavy atom. The molecule has 21 heavy (non-hydrogen) atoms. The molecule has 0 aromatic heterocycles. The van der Waals surface area contributed by atoms with Crippen LogP contribution in [0.15, 0.2) is 0 Å². The van der Waals surface area contributed by atoms with Crippen LogP contribution in [0.2, 0.25) is 0 Å². The molecule has 1 fully saturated rings. The number of nitrogens with one attached hydrogen (secondary N) is 1. The van der Waals surface area contributed by atoms with Crippen molar-refractivity contribution in [3.05, 3.63) is 0 Å². The third-order valence-corrected chi connectivity index (χ3v) is 4.79. The molecule has 1 rings (SSSR count). The Hall–Kier alpha value is -0.530. The molecule has 0 radical (unpaired) electrons. The van der Waals surface area contributed by atoms with Crippen LogP contribution >= 0.6 is 11.6 Å². The molecule has 1 saturated heterocycles. The molecular weight excluding hydrogens is 316 g/mol. The van der Waals surface area contributed by atoms with Crippen molar-refractivity contribution in [2.24, 2.45) is 0 Å². The van der Waals surface area contributed by atoms with Gasteiger partial charge in [0.2, 0.25) is 10.0 Å².